The van der Waals surface area contributed by atoms with Crippen molar-refractivity contribution < 1.29 is 4.79 Å². The summed E-state index contributed by atoms with van der Waals surface area (Å²) >= 11 is 0. The van der Waals surface area contributed by atoms with E-state index in [0.717, 1.165) is 27.8 Å². The molecule has 0 atom stereocenters. The number of aromatic nitrogens is 4. The highest BCUT2D eigenvalue weighted by atomic mass is 16.1. The van der Waals surface area contributed by atoms with Gasteiger partial charge in [0.05, 0.1) is 0 Å². The molecule has 122 valence electrons. The van der Waals surface area contributed by atoms with E-state index in [4.69, 9.17) is 0 Å². The summed E-state index contributed by atoms with van der Waals surface area (Å²) < 4.78 is 0. The summed E-state index contributed by atoms with van der Waals surface area (Å²) in [4.78, 5) is 14.0. The number of hydrogen-bond donors (Lipinski definition) is 0. The molecular weight excluding hydrogens is 300 g/mol. The van der Waals surface area contributed by atoms with Crippen LogP contribution in [0.3, 0.4) is 0 Å². The molecule has 5 heteroatoms. The first kappa shape index (κ1) is 16.1. The number of ketones is 1. The van der Waals surface area contributed by atoms with Crippen molar-refractivity contribution in [3.8, 4) is 11.4 Å². The lowest BCUT2D eigenvalue weighted by Crippen LogP contribution is -2.15. The molecule has 0 unspecified atom stereocenters. The van der Waals surface area contributed by atoms with Crippen LogP contribution in [0.25, 0.3) is 11.4 Å². The first-order valence-electron chi connectivity index (χ1n) is 7.91. The van der Waals surface area contributed by atoms with Gasteiger partial charge < -0.3 is 0 Å². The zero-order valence-electron chi connectivity index (χ0n) is 14.4. The molecule has 1 heterocycles. The van der Waals surface area contributed by atoms with Crippen LogP contribution in [-0.4, -0.2) is 26.0 Å². The van der Waals surface area contributed by atoms with Crippen LogP contribution in [0.1, 0.15) is 32.6 Å². The molecule has 0 spiro atoms. The van der Waals surface area contributed by atoms with Gasteiger partial charge in [-0.3, -0.25) is 4.79 Å². The summed E-state index contributed by atoms with van der Waals surface area (Å²) in [5, 5.41) is 12.4. The molecule has 3 rings (SSSR count). The van der Waals surface area contributed by atoms with Gasteiger partial charge in [-0.2, -0.15) is 4.80 Å². The van der Waals surface area contributed by atoms with Crippen molar-refractivity contribution in [2.75, 3.05) is 0 Å². The fraction of sp³-hybridized carbons (Fsp3) is 0.263. The standard InChI is InChI=1S/C19H20N4O/c1-12-10-17(15(4)14(3)13(12)2)18(24)11-23-21-19(20-22-23)16-8-6-5-7-9-16/h5-10H,11H2,1-4H3. The van der Waals surface area contributed by atoms with Crippen molar-refractivity contribution >= 4 is 5.78 Å². The predicted octanol–water partition coefficient (Wildman–Crippen LogP) is 3.46. The van der Waals surface area contributed by atoms with Gasteiger partial charge in [-0.1, -0.05) is 30.3 Å². The summed E-state index contributed by atoms with van der Waals surface area (Å²) in [6.45, 7) is 8.23. The third-order valence-corrected chi connectivity index (χ3v) is 4.55. The number of Topliss-reactive ketones (excluding diaryl/α,β-unsaturated/α-hetero) is 1. The van der Waals surface area contributed by atoms with Crippen molar-refractivity contribution in [3.63, 3.8) is 0 Å². The van der Waals surface area contributed by atoms with Crippen LogP contribution < -0.4 is 0 Å². The Morgan fingerprint density at radius 3 is 2.42 bits per heavy atom. The Morgan fingerprint density at radius 1 is 1.00 bits per heavy atom. The molecule has 0 aliphatic heterocycles. The summed E-state index contributed by atoms with van der Waals surface area (Å²) in [6.07, 6.45) is 0. The lowest BCUT2D eigenvalue weighted by Gasteiger charge is -2.13. The fourth-order valence-corrected chi connectivity index (χ4v) is 2.73. The Balaban J connectivity index is 1.85. The van der Waals surface area contributed by atoms with E-state index in [2.05, 4.69) is 29.3 Å². The maximum Gasteiger partial charge on any atom is 0.204 e. The third kappa shape index (κ3) is 2.97. The maximum atomic E-state index is 12.7. The zero-order chi connectivity index (χ0) is 17.3. The van der Waals surface area contributed by atoms with E-state index in [-0.39, 0.29) is 12.3 Å². The largest absolute Gasteiger partial charge is 0.292 e. The fourth-order valence-electron chi connectivity index (χ4n) is 2.73. The molecular formula is C19H20N4O. The average molecular weight is 320 g/mol. The summed E-state index contributed by atoms with van der Waals surface area (Å²) in [6, 6.07) is 11.6. The lowest BCUT2D eigenvalue weighted by molar-refractivity contribution is 0.0960. The van der Waals surface area contributed by atoms with E-state index in [1.165, 1.54) is 10.4 Å². The Hall–Kier alpha value is -2.82. The minimum absolute atomic E-state index is 0.00397. The Morgan fingerprint density at radius 2 is 1.71 bits per heavy atom. The molecule has 24 heavy (non-hydrogen) atoms. The van der Waals surface area contributed by atoms with Crippen LogP contribution in [0, 0.1) is 27.7 Å². The Kier molecular flexibility index (Phi) is 4.25. The first-order valence-corrected chi connectivity index (χ1v) is 7.91. The normalized spacial score (nSPS) is 10.8. The molecule has 0 radical (unpaired) electrons. The average Bonchev–Trinajstić information content (AvgIpc) is 3.05. The van der Waals surface area contributed by atoms with E-state index in [1.807, 2.05) is 50.2 Å². The van der Waals surface area contributed by atoms with Crippen molar-refractivity contribution in [2.24, 2.45) is 0 Å². The molecule has 0 aliphatic carbocycles. The maximum absolute atomic E-state index is 12.7. The van der Waals surface area contributed by atoms with Crippen molar-refractivity contribution in [2.45, 2.75) is 34.2 Å². The Labute approximate surface area is 141 Å². The van der Waals surface area contributed by atoms with Gasteiger partial charge in [-0.25, -0.2) is 0 Å². The highest BCUT2D eigenvalue weighted by molar-refractivity contribution is 5.97. The van der Waals surface area contributed by atoms with Gasteiger partial charge in [0.15, 0.2) is 5.78 Å². The number of benzene rings is 2. The van der Waals surface area contributed by atoms with Crippen LogP contribution >= 0.6 is 0 Å². The Bertz CT molecular complexity index is 897. The number of nitrogens with zero attached hydrogens (tertiary/aromatic N) is 4. The molecule has 3 aromatic rings. The quantitative estimate of drug-likeness (QED) is 0.691. The van der Waals surface area contributed by atoms with E-state index >= 15 is 0 Å². The second-order valence-corrected chi connectivity index (χ2v) is 6.05. The van der Waals surface area contributed by atoms with Gasteiger partial charge in [0.1, 0.15) is 6.54 Å². The van der Waals surface area contributed by atoms with Crippen molar-refractivity contribution in [1.82, 2.24) is 20.2 Å². The minimum Gasteiger partial charge on any atom is -0.292 e. The minimum atomic E-state index is -0.00397. The molecule has 0 bridgehead atoms. The van der Waals surface area contributed by atoms with Gasteiger partial charge in [0, 0.05) is 11.1 Å². The number of carbonyl (C=O) groups excluding carboxylic acids is 1. The van der Waals surface area contributed by atoms with Crippen LogP contribution in [0.4, 0.5) is 0 Å². The number of carbonyl (C=O) groups is 1. The van der Waals surface area contributed by atoms with Gasteiger partial charge in [0.2, 0.25) is 5.82 Å². The summed E-state index contributed by atoms with van der Waals surface area (Å²) in [5.41, 5.74) is 6.15. The number of tetrazole rings is 1. The van der Waals surface area contributed by atoms with E-state index in [1.54, 1.807) is 0 Å². The molecule has 5 nitrogen and oxygen atoms in total. The molecule has 2 aromatic carbocycles. The van der Waals surface area contributed by atoms with Crippen LogP contribution in [0.5, 0.6) is 0 Å². The van der Waals surface area contributed by atoms with Crippen molar-refractivity contribution in [1.29, 1.82) is 0 Å². The second-order valence-electron chi connectivity index (χ2n) is 6.05. The molecule has 0 amide bonds. The van der Waals surface area contributed by atoms with Crippen LogP contribution in [0.2, 0.25) is 0 Å². The second kappa shape index (κ2) is 6.35. The molecule has 1 aromatic heterocycles. The van der Waals surface area contributed by atoms with Gasteiger partial charge >= 0.3 is 0 Å². The highest BCUT2D eigenvalue weighted by Crippen LogP contribution is 2.22. The van der Waals surface area contributed by atoms with E-state index in [9.17, 15) is 4.79 Å². The smallest absolute Gasteiger partial charge is 0.204 e. The van der Waals surface area contributed by atoms with Crippen LogP contribution in [-0.2, 0) is 6.54 Å². The number of rotatable bonds is 4. The van der Waals surface area contributed by atoms with Gasteiger partial charge in [-0.15, -0.1) is 10.2 Å². The monoisotopic (exact) mass is 320 g/mol. The van der Waals surface area contributed by atoms with Crippen LogP contribution in [0.15, 0.2) is 36.4 Å². The van der Waals surface area contributed by atoms with Crippen molar-refractivity contribution in [3.05, 3.63) is 64.2 Å². The summed E-state index contributed by atoms with van der Waals surface area (Å²) in [7, 11) is 0. The zero-order valence-corrected chi connectivity index (χ0v) is 14.4. The van der Waals surface area contributed by atoms with Gasteiger partial charge in [0.25, 0.3) is 0 Å². The molecule has 0 N–H and O–H groups in total. The first-order chi connectivity index (χ1) is 11.5. The van der Waals surface area contributed by atoms with Gasteiger partial charge in [-0.05, 0) is 61.2 Å². The number of hydrogen-bond acceptors (Lipinski definition) is 4. The molecule has 0 saturated heterocycles. The molecule has 0 aliphatic rings. The highest BCUT2D eigenvalue weighted by Gasteiger charge is 2.16. The predicted molar refractivity (Wildman–Crippen MR) is 93.0 cm³/mol. The lowest BCUT2D eigenvalue weighted by atomic mass is 9.93. The summed E-state index contributed by atoms with van der Waals surface area (Å²) in [5.74, 6) is 0.520. The SMILES string of the molecule is Cc1cc(C(=O)Cn2nnc(-c3ccccc3)n2)c(C)c(C)c1C. The van der Waals surface area contributed by atoms with E-state index in [0.29, 0.717) is 5.82 Å². The topological polar surface area (TPSA) is 60.7 Å². The van der Waals surface area contributed by atoms with E-state index < -0.39 is 0 Å². The third-order valence-electron chi connectivity index (χ3n) is 4.55. The number of aryl methyl sites for hydroxylation is 1. The molecule has 0 saturated carbocycles. The molecule has 0 fully saturated rings.